The Balaban J connectivity index is 1.60. The van der Waals surface area contributed by atoms with Gasteiger partial charge >= 0.3 is 0 Å². The number of nitrogens with zero attached hydrogens (tertiary/aromatic N) is 2. The molecule has 1 aliphatic carbocycles. The van der Waals surface area contributed by atoms with Crippen LogP contribution < -0.4 is 5.32 Å². The van der Waals surface area contributed by atoms with Gasteiger partial charge in [0.25, 0.3) is 5.91 Å². The molecule has 2 fully saturated rings. The van der Waals surface area contributed by atoms with Gasteiger partial charge in [-0.3, -0.25) is 9.69 Å². The zero-order valence-corrected chi connectivity index (χ0v) is 12.5. The van der Waals surface area contributed by atoms with Gasteiger partial charge in [-0.05, 0) is 32.6 Å². The number of imidazole rings is 1. The first kappa shape index (κ1) is 13.6. The number of carbonyl (C=O) groups is 1. The van der Waals surface area contributed by atoms with Crippen LogP contribution in [0.5, 0.6) is 0 Å². The number of amides is 1. The van der Waals surface area contributed by atoms with Crippen molar-refractivity contribution in [3.05, 3.63) is 17.7 Å². The van der Waals surface area contributed by atoms with E-state index in [9.17, 15) is 4.79 Å². The predicted octanol–water partition coefficient (Wildman–Crippen LogP) is 1.75. The summed E-state index contributed by atoms with van der Waals surface area (Å²) in [6.07, 6.45) is 4.24. The van der Waals surface area contributed by atoms with Crippen molar-refractivity contribution in [3.8, 4) is 0 Å². The van der Waals surface area contributed by atoms with Crippen LogP contribution in [0.25, 0.3) is 0 Å². The maximum Gasteiger partial charge on any atom is 0.287 e. The number of likely N-dealkylation sites (tertiary alicyclic amines) is 1. The molecule has 5 nitrogen and oxygen atoms in total. The first-order valence-corrected chi connectivity index (χ1v) is 7.64. The summed E-state index contributed by atoms with van der Waals surface area (Å²) in [6.45, 7) is 8.58. The standard InChI is InChI=1S/C15H24N4O/c1-9(2)19-7-10(3)13(8-19)18-15(20)14-16-6-12(17-14)11-4-5-11/h6,9-11,13H,4-5,7-8H2,1-3H3,(H,16,17)(H,18,20)/t10-,13-/m1/s1. The largest absolute Gasteiger partial charge is 0.345 e. The second-order valence-electron chi connectivity index (χ2n) is 6.57. The highest BCUT2D eigenvalue weighted by Gasteiger charge is 2.33. The van der Waals surface area contributed by atoms with Crippen molar-refractivity contribution in [1.29, 1.82) is 0 Å². The zero-order chi connectivity index (χ0) is 14.3. The van der Waals surface area contributed by atoms with Crippen molar-refractivity contribution < 1.29 is 4.79 Å². The van der Waals surface area contributed by atoms with Crippen LogP contribution in [-0.4, -0.2) is 45.9 Å². The molecule has 5 heteroatoms. The third-order valence-electron chi connectivity index (χ3n) is 4.52. The van der Waals surface area contributed by atoms with E-state index in [1.54, 1.807) is 0 Å². The van der Waals surface area contributed by atoms with Crippen LogP contribution in [0.1, 0.15) is 55.8 Å². The van der Waals surface area contributed by atoms with Crippen molar-refractivity contribution in [3.63, 3.8) is 0 Å². The number of hydrogen-bond acceptors (Lipinski definition) is 3. The van der Waals surface area contributed by atoms with Crippen LogP contribution >= 0.6 is 0 Å². The first-order chi connectivity index (χ1) is 9.54. The van der Waals surface area contributed by atoms with E-state index in [1.807, 2.05) is 6.20 Å². The molecule has 3 rings (SSSR count). The van der Waals surface area contributed by atoms with Gasteiger partial charge in [0.2, 0.25) is 0 Å². The Morgan fingerprint density at radius 3 is 2.80 bits per heavy atom. The van der Waals surface area contributed by atoms with E-state index in [0.29, 0.717) is 23.7 Å². The minimum Gasteiger partial charge on any atom is -0.345 e. The van der Waals surface area contributed by atoms with Gasteiger partial charge in [0.05, 0.1) is 0 Å². The Bertz CT molecular complexity index is 492. The molecular weight excluding hydrogens is 252 g/mol. The van der Waals surface area contributed by atoms with Gasteiger partial charge in [-0.2, -0.15) is 0 Å². The fraction of sp³-hybridized carbons (Fsp3) is 0.733. The Labute approximate surface area is 120 Å². The third kappa shape index (κ3) is 2.73. The summed E-state index contributed by atoms with van der Waals surface area (Å²) in [5, 5.41) is 3.13. The smallest absolute Gasteiger partial charge is 0.287 e. The minimum absolute atomic E-state index is 0.0700. The molecule has 110 valence electrons. The van der Waals surface area contributed by atoms with Gasteiger partial charge in [-0.15, -0.1) is 0 Å². The molecule has 1 saturated heterocycles. The Morgan fingerprint density at radius 1 is 1.45 bits per heavy atom. The second-order valence-corrected chi connectivity index (χ2v) is 6.57. The first-order valence-electron chi connectivity index (χ1n) is 7.64. The van der Waals surface area contributed by atoms with Gasteiger partial charge < -0.3 is 10.3 Å². The lowest BCUT2D eigenvalue weighted by atomic mass is 10.1. The van der Waals surface area contributed by atoms with Crippen molar-refractivity contribution in [1.82, 2.24) is 20.2 Å². The topological polar surface area (TPSA) is 61.0 Å². The molecule has 2 aliphatic rings. The SMILES string of the molecule is CC(C)N1C[C@@H](C)[C@H](NC(=O)c2ncc(C3CC3)[nH]2)C1. The summed E-state index contributed by atoms with van der Waals surface area (Å²) in [5.41, 5.74) is 1.11. The molecule has 1 aliphatic heterocycles. The van der Waals surface area contributed by atoms with Gasteiger partial charge in [-0.1, -0.05) is 6.92 Å². The molecule has 0 bridgehead atoms. The number of rotatable bonds is 4. The molecule has 1 aromatic rings. The van der Waals surface area contributed by atoms with Crippen molar-refractivity contribution in [2.24, 2.45) is 5.92 Å². The molecule has 20 heavy (non-hydrogen) atoms. The zero-order valence-electron chi connectivity index (χ0n) is 12.5. The lowest BCUT2D eigenvalue weighted by Crippen LogP contribution is -2.40. The summed E-state index contributed by atoms with van der Waals surface area (Å²) >= 11 is 0. The quantitative estimate of drug-likeness (QED) is 0.880. The minimum atomic E-state index is -0.0700. The summed E-state index contributed by atoms with van der Waals surface area (Å²) in [7, 11) is 0. The number of H-pyrrole nitrogens is 1. The van der Waals surface area contributed by atoms with E-state index >= 15 is 0 Å². The van der Waals surface area contributed by atoms with Crippen molar-refractivity contribution in [2.75, 3.05) is 13.1 Å². The number of carbonyl (C=O) groups excluding carboxylic acids is 1. The molecule has 2 atom stereocenters. The van der Waals surface area contributed by atoms with E-state index in [0.717, 1.165) is 18.8 Å². The van der Waals surface area contributed by atoms with E-state index in [1.165, 1.54) is 12.8 Å². The number of aromatic amines is 1. The van der Waals surface area contributed by atoms with Gasteiger partial charge in [0.15, 0.2) is 5.82 Å². The molecule has 2 N–H and O–H groups in total. The van der Waals surface area contributed by atoms with E-state index in [4.69, 9.17) is 0 Å². The highest BCUT2D eigenvalue weighted by Crippen LogP contribution is 2.38. The molecule has 0 unspecified atom stereocenters. The van der Waals surface area contributed by atoms with Gasteiger partial charge in [-0.25, -0.2) is 4.98 Å². The monoisotopic (exact) mass is 276 g/mol. The van der Waals surface area contributed by atoms with Crippen LogP contribution in [0.4, 0.5) is 0 Å². The fourth-order valence-electron chi connectivity index (χ4n) is 2.90. The molecule has 1 aromatic heterocycles. The fourth-order valence-corrected chi connectivity index (χ4v) is 2.90. The maximum atomic E-state index is 12.3. The average molecular weight is 276 g/mol. The summed E-state index contributed by atoms with van der Waals surface area (Å²) in [4.78, 5) is 22.0. The highest BCUT2D eigenvalue weighted by molar-refractivity contribution is 5.90. The normalized spacial score (nSPS) is 27.2. The Hall–Kier alpha value is -1.36. The van der Waals surface area contributed by atoms with Crippen LogP contribution in [0, 0.1) is 5.92 Å². The second kappa shape index (κ2) is 5.20. The van der Waals surface area contributed by atoms with Crippen molar-refractivity contribution in [2.45, 2.75) is 51.6 Å². The Morgan fingerprint density at radius 2 is 2.20 bits per heavy atom. The maximum absolute atomic E-state index is 12.3. The molecule has 0 aromatic carbocycles. The predicted molar refractivity (Wildman–Crippen MR) is 77.7 cm³/mol. The lowest BCUT2D eigenvalue weighted by molar-refractivity contribution is 0.0921. The van der Waals surface area contributed by atoms with Crippen LogP contribution in [0.3, 0.4) is 0 Å². The number of hydrogen-bond donors (Lipinski definition) is 2. The van der Waals surface area contributed by atoms with Gasteiger partial charge in [0, 0.05) is 43.0 Å². The molecule has 0 spiro atoms. The summed E-state index contributed by atoms with van der Waals surface area (Å²) in [5.74, 6) is 1.48. The number of aromatic nitrogens is 2. The molecule has 0 radical (unpaired) electrons. The average Bonchev–Trinajstić information content (AvgIpc) is 3.01. The van der Waals surface area contributed by atoms with Gasteiger partial charge in [0.1, 0.15) is 0 Å². The molecule has 1 amide bonds. The third-order valence-corrected chi connectivity index (χ3v) is 4.52. The van der Waals surface area contributed by atoms with Crippen molar-refractivity contribution >= 4 is 5.91 Å². The van der Waals surface area contributed by atoms with E-state index in [2.05, 4.69) is 41.0 Å². The van der Waals surface area contributed by atoms with Crippen LogP contribution in [-0.2, 0) is 0 Å². The molecule has 1 saturated carbocycles. The lowest BCUT2D eigenvalue weighted by Gasteiger charge is -2.20. The highest BCUT2D eigenvalue weighted by atomic mass is 16.2. The summed E-state index contributed by atoms with van der Waals surface area (Å²) < 4.78 is 0. The van der Waals surface area contributed by atoms with E-state index in [-0.39, 0.29) is 11.9 Å². The van der Waals surface area contributed by atoms with E-state index < -0.39 is 0 Å². The Kier molecular flexibility index (Phi) is 3.54. The summed E-state index contributed by atoms with van der Waals surface area (Å²) in [6, 6.07) is 0.754. The number of nitrogens with one attached hydrogen (secondary N) is 2. The van der Waals surface area contributed by atoms with Crippen LogP contribution in [0.15, 0.2) is 6.20 Å². The molecular formula is C15H24N4O. The van der Waals surface area contributed by atoms with Crippen LogP contribution in [0.2, 0.25) is 0 Å². The molecule has 2 heterocycles.